The number of aromatic nitrogens is 2. The normalized spacial score (nSPS) is 12.5. The SMILES string of the molecule is CCC(C)N(CCOC)c1nc(C)nc(N)c1C. The van der Waals surface area contributed by atoms with Gasteiger partial charge in [0.05, 0.1) is 6.61 Å². The van der Waals surface area contributed by atoms with Crippen LogP contribution in [0.2, 0.25) is 0 Å². The van der Waals surface area contributed by atoms with Gasteiger partial charge in [0.2, 0.25) is 0 Å². The molecule has 0 aliphatic heterocycles. The lowest BCUT2D eigenvalue weighted by Crippen LogP contribution is -2.37. The molecule has 1 aromatic heterocycles. The van der Waals surface area contributed by atoms with Crippen molar-refractivity contribution in [2.24, 2.45) is 0 Å². The summed E-state index contributed by atoms with van der Waals surface area (Å²) >= 11 is 0. The first-order valence-electron chi connectivity index (χ1n) is 6.37. The molecule has 0 amide bonds. The molecule has 5 heteroatoms. The smallest absolute Gasteiger partial charge is 0.137 e. The number of hydrogen-bond donors (Lipinski definition) is 1. The van der Waals surface area contributed by atoms with Gasteiger partial charge in [0.25, 0.3) is 0 Å². The highest BCUT2D eigenvalue weighted by Gasteiger charge is 2.18. The largest absolute Gasteiger partial charge is 0.383 e. The summed E-state index contributed by atoms with van der Waals surface area (Å²) in [5, 5.41) is 0. The molecule has 1 heterocycles. The summed E-state index contributed by atoms with van der Waals surface area (Å²) in [5.41, 5.74) is 6.86. The average molecular weight is 252 g/mol. The van der Waals surface area contributed by atoms with Crippen LogP contribution in [-0.4, -0.2) is 36.3 Å². The molecule has 0 fully saturated rings. The lowest BCUT2D eigenvalue weighted by atomic mass is 10.2. The van der Waals surface area contributed by atoms with Crippen molar-refractivity contribution in [2.75, 3.05) is 30.9 Å². The molecule has 0 bridgehead atoms. The Morgan fingerprint density at radius 2 is 2.00 bits per heavy atom. The number of methoxy groups -OCH3 is 1. The summed E-state index contributed by atoms with van der Waals surface area (Å²) in [6, 6.07) is 0.396. The van der Waals surface area contributed by atoms with Crippen LogP contribution in [0.25, 0.3) is 0 Å². The van der Waals surface area contributed by atoms with E-state index in [1.54, 1.807) is 7.11 Å². The molecular formula is C13H24N4O. The van der Waals surface area contributed by atoms with Gasteiger partial charge in [0.1, 0.15) is 17.5 Å². The number of aryl methyl sites for hydroxylation is 1. The molecule has 5 nitrogen and oxygen atoms in total. The van der Waals surface area contributed by atoms with Gasteiger partial charge in [-0.05, 0) is 27.2 Å². The minimum atomic E-state index is 0.396. The Hall–Kier alpha value is -1.36. The minimum absolute atomic E-state index is 0.396. The Balaban J connectivity index is 3.11. The number of ether oxygens (including phenoxy) is 1. The highest BCUT2D eigenvalue weighted by Crippen LogP contribution is 2.24. The number of nitrogens with zero attached hydrogens (tertiary/aromatic N) is 3. The van der Waals surface area contributed by atoms with Gasteiger partial charge in [0, 0.05) is 25.3 Å². The van der Waals surface area contributed by atoms with Crippen molar-refractivity contribution in [3.8, 4) is 0 Å². The van der Waals surface area contributed by atoms with Crippen LogP contribution in [0.1, 0.15) is 31.7 Å². The fourth-order valence-corrected chi connectivity index (χ4v) is 1.86. The third kappa shape index (κ3) is 3.32. The van der Waals surface area contributed by atoms with Gasteiger partial charge in [-0.3, -0.25) is 0 Å². The van der Waals surface area contributed by atoms with Gasteiger partial charge in [0.15, 0.2) is 0 Å². The van der Waals surface area contributed by atoms with Crippen LogP contribution in [-0.2, 0) is 4.74 Å². The van der Waals surface area contributed by atoms with E-state index in [0.29, 0.717) is 24.3 Å². The molecule has 0 saturated carbocycles. The molecule has 0 aliphatic carbocycles. The van der Waals surface area contributed by atoms with Crippen LogP contribution >= 0.6 is 0 Å². The van der Waals surface area contributed by atoms with Crippen molar-refractivity contribution in [3.63, 3.8) is 0 Å². The van der Waals surface area contributed by atoms with Crippen molar-refractivity contribution in [2.45, 2.75) is 40.2 Å². The first-order chi connectivity index (χ1) is 8.51. The topological polar surface area (TPSA) is 64.3 Å². The average Bonchev–Trinajstić information content (AvgIpc) is 2.34. The number of nitrogen functional groups attached to an aromatic ring is 1. The van der Waals surface area contributed by atoms with E-state index in [1.807, 2.05) is 13.8 Å². The molecule has 1 rings (SSSR count). The van der Waals surface area contributed by atoms with Crippen LogP contribution in [0.15, 0.2) is 0 Å². The molecular weight excluding hydrogens is 228 g/mol. The number of anilines is 2. The van der Waals surface area contributed by atoms with Crippen molar-refractivity contribution in [1.29, 1.82) is 0 Å². The Bertz CT molecular complexity index is 395. The van der Waals surface area contributed by atoms with Crippen molar-refractivity contribution >= 4 is 11.6 Å². The zero-order valence-electron chi connectivity index (χ0n) is 12.0. The summed E-state index contributed by atoms with van der Waals surface area (Å²) in [5.74, 6) is 2.19. The number of nitrogens with two attached hydrogens (primary N) is 1. The van der Waals surface area contributed by atoms with Crippen LogP contribution in [0, 0.1) is 13.8 Å². The maximum absolute atomic E-state index is 5.92. The van der Waals surface area contributed by atoms with E-state index in [0.717, 1.165) is 24.3 Å². The molecule has 1 aromatic rings. The molecule has 0 spiro atoms. The van der Waals surface area contributed by atoms with Gasteiger partial charge in [-0.15, -0.1) is 0 Å². The van der Waals surface area contributed by atoms with Crippen molar-refractivity contribution in [1.82, 2.24) is 9.97 Å². The molecule has 1 atom stereocenters. The molecule has 0 radical (unpaired) electrons. The Morgan fingerprint density at radius 3 is 2.56 bits per heavy atom. The summed E-state index contributed by atoms with van der Waals surface area (Å²) in [6.07, 6.45) is 1.05. The van der Waals surface area contributed by atoms with E-state index in [9.17, 15) is 0 Å². The molecule has 18 heavy (non-hydrogen) atoms. The second-order valence-electron chi connectivity index (χ2n) is 4.55. The Morgan fingerprint density at radius 1 is 1.33 bits per heavy atom. The molecule has 0 saturated heterocycles. The van der Waals surface area contributed by atoms with Crippen LogP contribution in [0.5, 0.6) is 0 Å². The standard InChI is InChI=1S/C13H24N4O/c1-6-9(2)17(7-8-18-5)13-10(3)12(14)15-11(4)16-13/h9H,6-8H2,1-5H3,(H2,14,15,16). The highest BCUT2D eigenvalue weighted by atomic mass is 16.5. The van der Waals surface area contributed by atoms with Crippen LogP contribution < -0.4 is 10.6 Å². The van der Waals surface area contributed by atoms with E-state index in [2.05, 4.69) is 28.7 Å². The van der Waals surface area contributed by atoms with E-state index >= 15 is 0 Å². The molecule has 1 unspecified atom stereocenters. The third-order valence-electron chi connectivity index (χ3n) is 3.20. The summed E-state index contributed by atoms with van der Waals surface area (Å²) in [7, 11) is 1.71. The predicted molar refractivity (Wildman–Crippen MR) is 74.9 cm³/mol. The first-order valence-corrected chi connectivity index (χ1v) is 6.37. The van der Waals surface area contributed by atoms with Crippen LogP contribution in [0.3, 0.4) is 0 Å². The summed E-state index contributed by atoms with van der Waals surface area (Å²) < 4.78 is 5.17. The second kappa shape index (κ2) is 6.54. The minimum Gasteiger partial charge on any atom is -0.383 e. The molecule has 2 N–H and O–H groups in total. The van der Waals surface area contributed by atoms with Gasteiger partial charge >= 0.3 is 0 Å². The fourth-order valence-electron chi connectivity index (χ4n) is 1.86. The summed E-state index contributed by atoms with van der Waals surface area (Å²) in [6.45, 7) is 9.66. The zero-order chi connectivity index (χ0) is 13.7. The van der Waals surface area contributed by atoms with Gasteiger partial charge in [-0.2, -0.15) is 0 Å². The molecule has 0 aromatic carbocycles. The van der Waals surface area contributed by atoms with E-state index in [4.69, 9.17) is 10.5 Å². The Labute approximate surface area is 109 Å². The maximum atomic E-state index is 5.92. The number of hydrogen-bond acceptors (Lipinski definition) is 5. The van der Waals surface area contributed by atoms with Crippen molar-refractivity contribution < 1.29 is 4.74 Å². The van der Waals surface area contributed by atoms with Crippen molar-refractivity contribution in [3.05, 3.63) is 11.4 Å². The zero-order valence-corrected chi connectivity index (χ0v) is 12.0. The predicted octanol–water partition coefficient (Wildman–Crippen LogP) is 1.93. The van der Waals surface area contributed by atoms with Crippen LogP contribution in [0.4, 0.5) is 11.6 Å². The summed E-state index contributed by atoms with van der Waals surface area (Å²) in [4.78, 5) is 11.0. The maximum Gasteiger partial charge on any atom is 0.137 e. The fraction of sp³-hybridized carbons (Fsp3) is 0.692. The highest BCUT2D eigenvalue weighted by molar-refractivity contribution is 5.56. The second-order valence-corrected chi connectivity index (χ2v) is 4.55. The lowest BCUT2D eigenvalue weighted by molar-refractivity contribution is 0.203. The van der Waals surface area contributed by atoms with Gasteiger partial charge < -0.3 is 15.4 Å². The van der Waals surface area contributed by atoms with E-state index in [-0.39, 0.29) is 0 Å². The Kier molecular flexibility index (Phi) is 5.34. The quantitative estimate of drug-likeness (QED) is 0.838. The number of rotatable bonds is 6. The molecule has 0 aliphatic rings. The molecule has 102 valence electrons. The van der Waals surface area contributed by atoms with Gasteiger partial charge in [-0.1, -0.05) is 6.92 Å². The first kappa shape index (κ1) is 14.7. The third-order valence-corrected chi connectivity index (χ3v) is 3.20. The lowest BCUT2D eigenvalue weighted by Gasteiger charge is -2.31. The monoisotopic (exact) mass is 252 g/mol. The van der Waals surface area contributed by atoms with E-state index in [1.165, 1.54) is 0 Å². The van der Waals surface area contributed by atoms with E-state index < -0.39 is 0 Å². The van der Waals surface area contributed by atoms with Gasteiger partial charge in [-0.25, -0.2) is 9.97 Å².